The quantitative estimate of drug-likeness (QED) is 0.467. The molecule has 0 spiro atoms. The Balaban J connectivity index is 1.74. The third-order valence-corrected chi connectivity index (χ3v) is 8.58. The summed E-state index contributed by atoms with van der Waals surface area (Å²) in [6.45, 7) is 12.2. The van der Waals surface area contributed by atoms with E-state index >= 15 is 0 Å². The zero-order valence-electron chi connectivity index (χ0n) is 20.2. The van der Waals surface area contributed by atoms with E-state index in [9.17, 15) is 24.1 Å². The Morgan fingerprint density at radius 3 is 2.62 bits per heavy atom. The van der Waals surface area contributed by atoms with E-state index in [-0.39, 0.29) is 11.0 Å². The van der Waals surface area contributed by atoms with Crippen molar-refractivity contribution in [1.82, 2.24) is 0 Å². The lowest BCUT2D eigenvalue weighted by Crippen LogP contribution is -2.48. The third kappa shape index (κ3) is 5.20. The SMILES string of the molecule is C=C1/C(=C\C=C2CCC[C@@]3(C)C2CC[C@@H]3[C@H](C)CCCC(C)(C)O)C[C@](O)(F)C(F)C1O. The van der Waals surface area contributed by atoms with Crippen molar-refractivity contribution in [2.45, 2.75) is 109 Å². The molecule has 5 heteroatoms. The first-order chi connectivity index (χ1) is 14.8. The van der Waals surface area contributed by atoms with Crippen molar-refractivity contribution in [3.05, 3.63) is 35.5 Å². The van der Waals surface area contributed by atoms with E-state index in [1.807, 2.05) is 19.9 Å². The monoisotopic (exact) mass is 452 g/mol. The fourth-order valence-electron chi connectivity index (χ4n) is 6.73. The standard InChI is InChI=1S/C27H42F2O3/c1-17(8-6-14-25(3,4)31)21-12-13-22-19(9-7-15-26(21,22)5)10-11-20-16-27(29,32)24(28)23(30)18(20)2/h10-11,17,21-24,30-32H,2,6-9,12-16H2,1,3-5H3/b19-10?,20-11-/t17-,21-,22?,23?,24?,26-,27-/m1/s1. The smallest absolute Gasteiger partial charge is 0.245 e. The fraction of sp³-hybridized carbons (Fsp3) is 0.778. The van der Waals surface area contributed by atoms with Gasteiger partial charge >= 0.3 is 0 Å². The van der Waals surface area contributed by atoms with Gasteiger partial charge in [-0.2, -0.15) is 0 Å². The number of hydrogen-bond donors (Lipinski definition) is 3. The summed E-state index contributed by atoms with van der Waals surface area (Å²) in [4.78, 5) is 0. The highest BCUT2D eigenvalue weighted by Gasteiger charge is 2.51. The van der Waals surface area contributed by atoms with Crippen LogP contribution in [0.2, 0.25) is 0 Å². The van der Waals surface area contributed by atoms with Gasteiger partial charge in [-0.3, -0.25) is 0 Å². The van der Waals surface area contributed by atoms with Gasteiger partial charge in [0.2, 0.25) is 5.85 Å². The highest BCUT2D eigenvalue weighted by Crippen LogP contribution is 2.60. The summed E-state index contributed by atoms with van der Waals surface area (Å²) in [6, 6.07) is 0. The van der Waals surface area contributed by atoms with Gasteiger partial charge in [-0.15, -0.1) is 0 Å². The van der Waals surface area contributed by atoms with Crippen LogP contribution in [0.5, 0.6) is 0 Å². The topological polar surface area (TPSA) is 60.7 Å². The number of aliphatic hydroxyl groups is 3. The summed E-state index contributed by atoms with van der Waals surface area (Å²) in [6.07, 6.45) is 7.78. The first kappa shape index (κ1) is 25.6. The number of rotatable bonds is 6. The van der Waals surface area contributed by atoms with Crippen LogP contribution in [0.3, 0.4) is 0 Å². The molecule has 3 aliphatic rings. The average molecular weight is 453 g/mol. The van der Waals surface area contributed by atoms with Crippen LogP contribution >= 0.6 is 0 Å². The molecule has 0 radical (unpaired) electrons. The molecule has 3 N–H and O–H groups in total. The van der Waals surface area contributed by atoms with Crippen molar-refractivity contribution in [2.75, 3.05) is 0 Å². The van der Waals surface area contributed by atoms with Gasteiger partial charge < -0.3 is 15.3 Å². The Kier molecular flexibility index (Phi) is 7.44. The first-order valence-corrected chi connectivity index (χ1v) is 12.3. The van der Waals surface area contributed by atoms with Crippen LogP contribution < -0.4 is 0 Å². The number of alkyl halides is 2. The van der Waals surface area contributed by atoms with Gasteiger partial charge in [-0.1, -0.05) is 51.0 Å². The number of hydrogen-bond acceptors (Lipinski definition) is 3. The Labute approximate surface area is 192 Å². The molecule has 0 saturated heterocycles. The van der Waals surface area contributed by atoms with Crippen LogP contribution in [-0.2, 0) is 0 Å². The van der Waals surface area contributed by atoms with E-state index in [2.05, 4.69) is 20.4 Å². The molecular weight excluding hydrogens is 410 g/mol. The fourth-order valence-corrected chi connectivity index (χ4v) is 6.73. The second-order valence-electron chi connectivity index (χ2n) is 11.6. The van der Waals surface area contributed by atoms with Crippen LogP contribution in [0.1, 0.15) is 85.5 Å². The molecule has 0 aromatic rings. The van der Waals surface area contributed by atoms with Gasteiger partial charge in [0.25, 0.3) is 0 Å². The van der Waals surface area contributed by atoms with Gasteiger partial charge in [-0.05, 0) is 86.7 Å². The lowest BCUT2D eigenvalue weighted by atomic mass is 9.60. The van der Waals surface area contributed by atoms with E-state index in [4.69, 9.17) is 0 Å². The summed E-state index contributed by atoms with van der Waals surface area (Å²) in [5.41, 5.74) is 1.49. The van der Waals surface area contributed by atoms with Crippen molar-refractivity contribution in [2.24, 2.45) is 23.2 Å². The Morgan fingerprint density at radius 2 is 1.97 bits per heavy atom. The highest BCUT2D eigenvalue weighted by molar-refractivity contribution is 5.40. The van der Waals surface area contributed by atoms with Crippen molar-refractivity contribution >= 4 is 0 Å². The molecule has 0 aromatic heterocycles. The summed E-state index contributed by atoms with van der Waals surface area (Å²) in [7, 11) is 0. The van der Waals surface area contributed by atoms with E-state index in [0.29, 0.717) is 23.3 Å². The van der Waals surface area contributed by atoms with E-state index in [0.717, 1.165) is 38.5 Å². The molecule has 0 amide bonds. The molecule has 0 aliphatic heterocycles. The molecule has 3 nitrogen and oxygen atoms in total. The van der Waals surface area contributed by atoms with E-state index in [1.165, 1.54) is 18.4 Å². The third-order valence-electron chi connectivity index (χ3n) is 8.58. The molecular formula is C27H42F2O3. The molecule has 0 heterocycles. The molecule has 3 rings (SSSR count). The molecule has 3 fully saturated rings. The molecule has 0 bridgehead atoms. The zero-order valence-corrected chi connectivity index (χ0v) is 20.2. The lowest BCUT2D eigenvalue weighted by molar-refractivity contribution is -0.172. The predicted octanol–water partition coefficient (Wildman–Crippen LogP) is 5.95. The van der Waals surface area contributed by atoms with Crippen LogP contribution in [0.15, 0.2) is 35.5 Å². The minimum Gasteiger partial charge on any atom is -0.390 e. The van der Waals surface area contributed by atoms with Gasteiger partial charge in [0, 0.05) is 6.42 Å². The minimum absolute atomic E-state index is 0.153. The second kappa shape index (κ2) is 9.31. The molecule has 3 unspecified atom stereocenters. The van der Waals surface area contributed by atoms with E-state index < -0.39 is 30.2 Å². The zero-order chi connectivity index (χ0) is 23.9. The van der Waals surface area contributed by atoms with Crippen molar-refractivity contribution in [1.29, 1.82) is 0 Å². The number of aliphatic hydroxyl groups excluding tert-OH is 1. The summed E-state index contributed by atoms with van der Waals surface area (Å²) in [5, 5.41) is 29.7. The van der Waals surface area contributed by atoms with Crippen LogP contribution in [-0.4, -0.2) is 39.1 Å². The van der Waals surface area contributed by atoms with Gasteiger partial charge in [0.15, 0.2) is 6.17 Å². The van der Waals surface area contributed by atoms with Gasteiger partial charge in [-0.25, -0.2) is 8.78 Å². The predicted molar refractivity (Wildman–Crippen MR) is 124 cm³/mol. The van der Waals surface area contributed by atoms with Crippen molar-refractivity contribution < 1.29 is 24.1 Å². The van der Waals surface area contributed by atoms with Crippen LogP contribution in [0.4, 0.5) is 8.78 Å². The van der Waals surface area contributed by atoms with Gasteiger partial charge in [0.1, 0.15) is 6.10 Å². The summed E-state index contributed by atoms with van der Waals surface area (Å²) < 4.78 is 28.1. The minimum atomic E-state index is -3.07. The number of allylic oxidation sites excluding steroid dienone is 3. The average Bonchev–Trinajstić information content (AvgIpc) is 3.05. The van der Waals surface area contributed by atoms with E-state index in [1.54, 1.807) is 6.08 Å². The summed E-state index contributed by atoms with van der Waals surface area (Å²) >= 11 is 0. The highest BCUT2D eigenvalue weighted by atomic mass is 19.2. The number of fused-ring (bicyclic) bond motifs is 1. The summed E-state index contributed by atoms with van der Waals surface area (Å²) in [5.74, 6) is -1.36. The second-order valence-corrected chi connectivity index (χ2v) is 11.6. The van der Waals surface area contributed by atoms with Crippen LogP contribution in [0.25, 0.3) is 0 Å². The first-order valence-electron chi connectivity index (χ1n) is 12.3. The van der Waals surface area contributed by atoms with Crippen molar-refractivity contribution in [3.8, 4) is 0 Å². The molecule has 3 aliphatic carbocycles. The lowest BCUT2D eigenvalue weighted by Gasteiger charge is -2.44. The molecule has 32 heavy (non-hydrogen) atoms. The van der Waals surface area contributed by atoms with Gasteiger partial charge in [0.05, 0.1) is 5.60 Å². The maximum Gasteiger partial charge on any atom is 0.245 e. The maximum atomic E-state index is 14.2. The molecule has 7 atom stereocenters. The Bertz CT molecular complexity index is 763. The van der Waals surface area contributed by atoms with Crippen LogP contribution in [0, 0.1) is 23.2 Å². The largest absolute Gasteiger partial charge is 0.390 e. The molecule has 3 saturated carbocycles. The Hall–Kier alpha value is -1.04. The van der Waals surface area contributed by atoms with Crippen molar-refractivity contribution in [3.63, 3.8) is 0 Å². The molecule has 182 valence electrons. The number of halogens is 2. The Morgan fingerprint density at radius 1 is 1.28 bits per heavy atom. The maximum absolute atomic E-state index is 14.2. The normalized spacial score (nSPS) is 41.8. The molecule has 0 aromatic carbocycles.